The molecule has 3 rings (SSSR count). The van der Waals surface area contributed by atoms with Gasteiger partial charge in [0.2, 0.25) is 0 Å². The van der Waals surface area contributed by atoms with Gasteiger partial charge in [-0.3, -0.25) is 15.3 Å². The van der Waals surface area contributed by atoms with Crippen molar-refractivity contribution < 1.29 is 29.4 Å². The maximum Gasteiger partial charge on any atom is 0.412 e. The highest BCUT2D eigenvalue weighted by Gasteiger charge is 2.30. The number of hydrogen-bond donors (Lipinski definition) is 4. The van der Waals surface area contributed by atoms with Gasteiger partial charge in [-0.2, -0.15) is 5.26 Å². The molecule has 0 saturated carbocycles. The summed E-state index contributed by atoms with van der Waals surface area (Å²) in [6.45, 7) is 0. The number of carbonyl (C=O) groups is 2. The lowest BCUT2D eigenvalue weighted by Crippen LogP contribution is -2.30. The normalized spacial score (nSPS) is 12.3. The lowest BCUT2D eigenvalue weighted by Gasteiger charge is -2.27. The molecule has 0 bridgehead atoms. The van der Waals surface area contributed by atoms with Crippen LogP contribution in [0.4, 0.5) is 10.5 Å². The number of aromatic hydroxyl groups is 1. The van der Waals surface area contributed by atoms with Crippen molar-refractivity contribution in [2.75, 3.05) is 5.32 Å². The molecule has 9 nitrogen and oxygen atoms in total. The third-order valence-corrected chi connectivity index (χ3v) is 5.14. The molecule has 35 heavy (non-hydrogen) atoms. The van der Waals surface area contributed by atoms with Gasteiger partial charge in [-0.25, -0.2) is 10.3 Å². The van der Waals surface area contributed by atoms with Crippen molar-refractivity contribution in [1.29, 1.82) is 5.26 Å². The second-order valence-corrected chi connectivity index (χ2v) is 7.99. The zero-order chi connectivity index (χ0) is 25.2. The molecule has 0 heterocycles. The predicted molar refractivity (Wildman–Crippen MR) is 130 cm³/mol. The van der Waals surface area contributed by atoms with Gasteiger partial charge in [-0.15, -0.1) is 0 Å². The molecular weight excluding hydrogens is 518 g/mol. The van der Waals surface area contributed by atoms with Gasteiger partial charge >= 0.3 is 6.09 Å². The Morgan fingerprint density at radius 2 is 1.77 bits per heavy atom. The number of phenols is 1. The number of amides is 2. The van der Waals surface area contributed by atoms with E-state index in [1.54, 1.807) is 42.5 Å². The van der Waals surface area contributed by atoms with Crippen LogP contribution in [0, 0.1) is 11.3 Å². The second kappa shape index (κ2) is 12.2. The van der Waals surface area contributed by atoms with E-state index in [0.29, 0.717) is 21.5 Å². The number of nitrogens with zero attached hydrogens (tertiary/aromatic N) is 1. The van der Waals surface area contributed by atoms with Crippen LogP contribution >= 0.6 is 15.9 Å². The smallest absolute Gasteiger partial charge is 0.412 e. The van der Waals surface area contributed by atoms with Gasteiger partial charge in [-0.05, 0) is 60.7 Å². The number of hydroxylamine groups is 1. The van der Waals surface area contributed by atoms with E-state index in [1.807, 2.05) is 6.07 Å². The number of anilines is 1. The maximum atomic E-state index is 12.8. The third-order valence-electron chi connectivity index (χ3n) is 4.65. The number of halogens is 1. The molecule has 0 aliphatic rings. The topological polar surface area (TPSA) is 141 Å². The van der Waals surface area contributed by atoms with Crippen molar-refractivity contribution in [1.82, 2.24) is 5.48 Å². The molecule has 3 aromatic rings. The summed E-state index contributed by atoms with van der Waals surface area (Å²) in [5.74, 6) is -0.598. The van der Waals surface area contributed by atoms with E-state index in [-0.39, 0.29) is 11.3 Å². The summed E-state index contributed by atoms with van der Waals surface area (Å²) < 4.78 is 12.3. The minimum Gasteiger partial charge on any atom is -0.508 e. The van der Waals surface area contributed by atoms with Gasteiger partial charge in [0.25, 0.3) is 5.91 Å². The number of para-hydroxylation sites is 1. The zero-order valence-electron chi connectivity index (χ0n) is 18.1. The Morgan fingerprint density at radius 1 is 1.06 bits per heavy atom. The first-order valence-electron chi connectivity index (χ1n) is 10.2. The molecule has 0 aromatic heterocycles. The standard InChI is InChI=1S/C25H20BrN3O6/c26-17-8-11-21(30)20(14-17)24(35-25(32)28-18-9-6-16(15-27)7-10-18)22(12-13-23(31)29-33)34-19-4-2-1-3-5-19/h1-14,22,24,30,33H,(H,28,32)(H,29,31)/b13-12+/t22-,24-/m0/s1. The molecule has 4 N–H and O–H groups in total. The van der Waals surface area contributed by atoms with E-state index >= 15 is 0 Å². The van der Waals surface area contributed by atoms with E-state index in [0.717, 1.165) is 6.08 Å². The highest BCUT2D eigenvalue weighted by Crippen LogP contribution is 2.34. The van der Waals surface area contributed by atoms with E-state index < -0.39 is 24.2 Å². The van der Waals surface area contributed by atoms with Gasteiger partial charge < -0.3 is 14.6 Å². The molecular formula is C25H20BrN3O6. The Balaban J connectivity index is 1.97. The predicted octanol–water partition coefficient (Wildman–Crippen LogP) is 4.83. The maximum absolute atomic E-state index is 12.8. The Hall–Kier alpha value is -4.33. The molecule has 0 fully saturated rings. The molecule has 0 unspecified atom stereocenters. The van der Waals surface area contributed by atoms with E-state index in [1.165, 1.54) is 41.9 Å². The largest absolute Gasteiger partial charge is 0.508 e. The van der Waals surface area contributed by atoms with Crippen LogP contribution in [0.3, 0.4) is 0 Å². The lowest BCUT2D eigenvalue weighted by atomic mass is 10.0. The summed E-state index contributed by atoms with van der Waals surface area (Å²) in [4.78, 5) is 24.5. The number of carbonyl (C=O) groups excluding carboxylic acids is 2. The molecule has 0 spiro atoms. The Labute approximate surface area is 209 Å². The molecule has 0 radical (unpaired) electrons. The minimum absolute atomic E-state index is 0.175. The van der Waals surface area contributed by atoms with Gasteiger partial charge in [0, 0.05) is 21.8 Å². The van der Waals surface area contributed by atoms with Crippen molar-refractivity contribution in [2.45, 2.75) is 12.2 Å². The van der Waals surface area contributed by atoms with Gasteiger partial charge in [0.1, 0.15) is 11.5 Å². The van der Waals surface area contributed by atoms with Crippen LogP contribution in [-0.4, -0.2) is 28.4 Å². The van der Waals surface area contributed by atoms with E-state index in [9.17, 15) is 14.7 Å². The first-order chi connectivity index (χ1) is 16.9. The van der Waals surface area contributed by atoms with Crippen molar-refractivity contribution in [3.63, 3.8) is 0 Å². The quantitative estimate of drug-likeness (QED) is 0.183. The molecule has 0 saturated heterocycles. The Morgan fingerprint density at radius 3 is 2.43 bits per heavy atom. The highest BCUT2D eigenvalue weighted by atomic mass is 79.9. The first-order valence-corrected chi connectivity index (χ1v) is 11.0. The van der Waals surface area contributed by atoms with E-state index in [2.05, 4.69) is 21.2 Å². The molecule has 3 aromatic carbocycles. The van der Waals surface area contributed by atoms with Crippen LogP contribution < -0.4 is 15.5 Å². The number of hydrogen-bond acceptors (Lipinski definition) is 7. The summed E-state index contributed by atoms with van der Waals surface area (Å²) in [7, 11) is 0. The van der Waals surface area contributed by atoms with Crippen molar-refractivity contribution in [3.8, 4) is 17.6 Å². The van der Waals surface area contributed by atoms with Crippen molar-refractivity contribution in [2.24, 2.45) is 0 Å². The number of phenolic OH excluding ortho intramolecular Hbond substituents is 1. The fourth-order valence-electron chi connectivity index (χ4n) is 3.03. The van der Waals surface area contributed by atoms with Crippen molar-refractivity contribution in [3.05, 3.63) is 101 Å². The molecule has 2 atom stereocenters. The van der Waals surface area contributed by atoms with Gasteiger partial charge in [0.05, 0.1) is 11.6 Å². The number of nitriles is 1. The van der Waals surface area contributed by atoms with Crippen molar-refractivity contribution >= 4 is 33.6 Å². The van der Waals surface area contributed by atoms with Gasteiger partial charge in [-0.1, -0.05) is 34.1 Å². The fourth-order valence-corrected chi connectivity index (χ4v) is 3.41. The highest BCUT2D eigenvalue weighted by molar-refractivity contribution is 9.10. The van der Waals surface area contributed by atoms with Crippen LogP contribution in [0.25, 0.3) is 0 Å². The molecule has 178 valence electrons. The molecule has 2 amide bonds. The number of ether oxygens (including phenoxy) is 2. The number of benzene rings is 3. The van der Waals surface area contributed by atoms with Crippen LogP contribution in [0.15, 0.2) is 89.4 Å². The van der Waals surface area contributed by atoms with Gasteiger partial charge in [0.15, 0.2) is 12.2 Å². The summed E-state index contributed by atoms with van der Waals surface area (Å²) in [5, 5.41) is 30.9. The number of nitrogens with one attached hydrogen (secondary N) is 2. The summed E-state index contributed by atoms with van der Waals surface area (Å²) in [6.07, 6.45) is -0.896. The van der Waals surface area contributed by atoms with Crippen LogP contribution in [-0.2, 0) is 9.53 Å². The van der Waals surface area contributed by atoms with Crippen LogP contribution in [0.2, 0.25) is 0 Å². The Kier molecular flexibility index (Phi) is 8.83. The molecule has 0 aliphatic carbocycles. The fraction of sp³-hybridized carbons (Fsp3) is 0.0800. The number of rotatable bonds is 8. The minimum atomic E-state index is -1.23. The lowest BCUT2D eigenvalue weighted by molar-refractivity contribution is -0.124. The summed E-state index contributed by atoms with van der Waals surface area (Å²) >= 11 is 3.34. The SMILES string of the molecule is N#Cc1ccc(NC(=O)O[C@@H](c2cc(Br)ccc2O)[C@H](/C=C/C(=O)NO)Oc2ccccc2)cc1. The zero-order valence-corrected chi connectivity index (χ0v) is 19.7. The second-order valence-electron chi connectivity index (χ2n) is 7.07. The average molecular weight is 538 g/mol. The Bertz CT molecular complexity index is 1240. The van der Waals surface area contributed by atoms with E-state index in [4.69, 9.17) is 19.9 Å². The molecule has 10 heteroatoms. The van der Waals surface area contributed by atoms with Crippen LogP contribution in [0.1, 0.15) is 17.2 Å². The van der Waals surface area contributed by atoms with Crippen LogP contribution in [0.5, 0.6) is 11.5 Å². The molecule has 0 aliphatic heterocycles. The monoisotopic (exact) mass is 537 g/mol. The first kappa shape index (κ1) is 25.3. The summed E-state index contributed by atoms with van der Waals surface area (Å²) in [6, 6.07) is 21.3. The third kappa shape index (κ3) is 7.33. The average Bonchev–Trinajstić information content (AvgIpc) is 2.87. The summed E-state index contributed by atoms with van der Waals surface area (Å²) in [5.41, 5.74) is 2.48.